The molecule has 0 saturated heterocycles. The monoisotopic (exact) mass is 201 g/mol. The highest BCUT2D eigenvalue weighted by molar-refractivity contribution is 4.85. The van der Waals surface area contributed by atoms with Crippen LogP contribution in [0.15, 0.2) is 0 Å². The molecule has 1 fully saturated rings. The summed E-state index contributed by atoms with van der Waals surface area (Å²) in [7, 11) is 0. The first kappa shape index (κ1) is 12.0. The lowest BCUT2D eigenvalue weighted by molar-refractivity contribution is 0.0759. The van der Waals surface area contributed by atoms with Gasteiger partial charge in [0, 0.05) is 24.6 Å². The minimum Gasteiger partial charge on any atom is -0.396 e. The molecule has 1 rings (SSSR count). The Morgan fingerprint density at radius 3 is 2.36 bits per heavy atom. The minimum atomic E-state index is 0.0850. The number of nitrogens with one attached hydrogen (secondary N) is 1. The van der Waals surface area contributed by atoms with Crippen LogP contribution in [0.3, 0.4) is 0 Å². The third-order valence-corrected chi connectivity index (χ3v) is 3.35. The van der Waals surface area contributed by atoms with Crippen LogP contribution in [0, 0.1) is 5.41 Å². The van der Waals surface area contributed by atoms with Crippen molar-refractivity contribution in [3.8, 4) is 0 Å². The Kier molecular flexibility index (Phi) is 4.85. The van der Waals surface area contributed by atoms with Gasteiger partial charge in [-0.2, -0.15) is 0 Å². The van der Waals surface area contributed by atoms with E-state index in [1.165, 1.54) is 19.3 Å². The lowest BCUT2D eigenvalue weighted by Crippen LogP contribution is -2.43. The minimum absolute atomic E-state index is 0.0850. The predicted octanol–water partition coefficient (Wildman–Crippen LogP) is 0.900. The van der Waals surface area contributed by atoms with E-state index in [1.807, 2.05) is 6.92 Å². The molecule has 0 aromatic carbocycles. The largest absolute Gasteiger partial charge is 0.396 e. The van der Waals surface area contributed by atoms with Gasteiger partial charge in [-0.3, -0.25) is 0 Å². The molecule has 1 aliphatic carbocycles. The quantitative estimate of drug-likeness (QED) is 0.619. The highest BCUT2D eigenvalue weighted by Gasteiger charge is 2.31. The molecule has 0 aliphatic heterocycles. The van der Waals surface area contributed by atoms with Gasteiger partial charge in [0.1, 0.15) is 0 Å². The average molecular weight is 201 g/mol. The predicted molar refractivity (Wildman–Crippen MR) is 57.2 cm³/mol. The first-order valence-electron chi connectivity index (χ1n) is 5.67. The fourth-order valence-corrected chi connectivity index (χ4v) is 2.15. The zero-order valence-electron chi connectivity index (χ0n) is 9.13. The van der Waals surface area contributed by atoms with Crippen LogP contribution in [-0.2, 0) is 0 Å². The smallest absolute Gasteiger partial charge is 0.0581 e. The van der Waals surface area contributed by atoms with E-state index in [1.54, 1.807) is 0 Å². The summed E-state index contributed by atoms with van der Waals surface area (Å²) in [6.07, 6.45) is 6.01. The molecule has 1 atom stereocenters. The molecule has 0 unspecified atom stereocenters. The van der Waals surface area contributed by atoms with E-state index in [9.17, 15) is 5.11 Å². The van der Waals surface area contributed by atoms with Crippen molar-refractivity contribution in [2.75, 3.05) is 19.8 Å². The Labute approximate surface area is 86.5 Å². The molecule has 0 bridgehead atoms. The average Bonchev–Trinajstić information content (AvgIpc) is 2.27. The second kappa shape index (κ2) is 5.69. The van der Waals surface area contributed by atoms with Crippen LogP contribution in [0.4, 0.5) is 0 Å². The van der Waals surface area contributed by atoms with E-state index >= 15 is 0 Å². The molecule has 3 heteroatoms. The van der Waals surface area contributed by atoms with Crippen molar-refractivity contribution in [1.82, 2.24) is 5.32 Å². The van der Waals surface area contributed by atoms with Gasteiger partial charge in [-0.25, -0.2) is 0 Å². The van der Waals surface area contributed by atoms with E-state index in [-0.39, 0.29) is 24.7 Å². The molecule has 0 amide bonds. The van der Waals surface area contributed by atoms with Gasteiger partial charge >= 0.3 is 0 Å². The van der Waals surface area contributed by atoms with Crippen LogP contribution in [0.2, 0.25) is 0 Å². The van der Waals surface area contributed by atoms with Crippen molar-refractivity contribution in [1.29, 1.82) is 0 Å². The molecule has 1 aliphatic rings. The van der Waals surface area contributed by atoms with Crippen molar-refractivity contribution < 1.29 is 10.2 Å². The summed E-state index contributed by atoms with van der Waals surface area (Å²) < 4.78 is 0. The normalized spacial score (nSPS) is 23.4. The van der Waals surface area contributed by atoms with Crippen LogP contribution >= 0.6 is 0 Å². The molecule has 0 heterocycles. The highest BCUT2D eigenvalue weighted by atomic mass is 16.3. The lowest BCUT2D eigenvalue weighted by atomic mass is 9.74. The molecule has 3 N–H and O–H groups in total. The van der Waals surface area contributed by atoms with Crippen LogP contribution < -0.4 is 5.32 Å². The van der Waals surface area contributed by atoms with Crippen LogP contribution in [0.25, 0.3) is 0 Å². The Morgan fingerprint density at radius 2 is 1.86 bits per heavy atom. The van der Waals surface area contributed by atoms with E-state index in [0.29, 0.717) is 0 Å². The molecule has 0 radical (unpaired) electrons. The van der Waals surface area contributed by atoms with E-state index < -0.39 is 0 Å². The molecular weight excluding hydrogens is 178 g/mol. The fourth-order valence-electron chi connectivity index (χ4n) is 2.15. The van der Waals surface area contributed by atoms with Gasteiger partial charge in [0.15, 0.2) is 0 Å². The Bertz CT molecular complexity index is 155. The topological polar surface area (TPSA) is 52.5 Å². The summed E-state index contributed by atoms with van der Waals surface area (Å²) in [5.41, 5.74) is 0.0850. The van der Waals surface area contributed by atoms with Gasteiger partial charge in [0.05, 0.1) is 6.61 Å². The molecule has 84 valence electrons. The van der Waals surface area contributed by atoms with E-state index in [2.05, 4.69) is 5.32 Å². The Morgan fingerprint density at radius 1 is 1.21 bits per heavy atom. The number of rotatable bonds is 5. The summed E-state index contributed by atoms with van der Waals surface area (Å²) >= 11 is 0. The second-order valence-electron chi connectivity index (χ2n) is 4.68. The summed E-state index contributed by atoms with van der Waals surface area (Å²) in [5, 5.41) is 21.6. The zero-order chi connectivity index (χ0) is 10.4. The van der Waals surface area contributed by atoms with Crippen LogP contribution in [0.5, 0.6) is 0 Å². The summed E-state index contributed by atoms with van der Waals surface area (Å²) in [5.74, 6) is 0. The number of hydrogen-bond donors (Lipinski definition) is 3. The van der Waals surface area contributed by atoms with Crippen molar-refractivity contribution in [3.05, 3.63) is 0 Å². The van der Waals surface area contributed by atoms with Crippen molar-refractivity contribution in [2.24, 2.45) is 5.41 Å². The summed E-state index contributed by atoms with van der Waals surface area (Å²) in [6.45, 7) is 3.25. The standard InChI is InChI=1S/C11H23NO2/c1-10(7-13)12-8-11(9-14)5-3-2-4-6-11/h10,12-14H,2-9H2,1H3/t10-/m1/s1. The Hall–Kier alpha value is -0.120. The van der Waals surface area contributed by atoms with Gasteiger partial charge in [-0.05, 0) is 19.8 Å². The van der Waals surface area contributed by atoms with E-state index in [0.717, 1.165) is 19.4 Å². The zero-order valence-corrected chi connectivity index (χ0v) is 9.13. The van der Waals surface area contributed by atoms with Crippen molar-refractivity contribution in [2.45, 2.75) is 45.1 Å². The highest BCUT2D eigenvalue weighted by Crippen LogP contribution is 2.35. The third kappa shape index (κ3) is 3.23. The molecule has 14 heavy (non-hydrogen) atoms. The van der Waals surface area contributed by atoms with Gasteiger partial charge in [-0.15, -0.1) is 0 Å². The maximum atomic E-state index is 9.42. The van der Waals surface area contributed by atoms with Crippen LogP contribution in [-0.4, -0.2) is 36.0 Å². The SMILES string of the molecule is C[C@H](CO)NCC1(CO)CCCCC1. The van der Waals surface area contributed by atoms with Gasteiger partial charge in [0.2, 0.25) is 0 Å². The molecule has 3 nitrogen and oxygen atoms in total. The van der Waals surface area contributed by atoms with Gasteiger partial charge in [-0.1, -0.05) is 19.3 Å². The maximum absolute atomic E-state index is 9.42. The third-order valence-electron chi connectivity index (χ3n) is 3.35. The molecule has 0 aromatic rings. The maximum Gasteiger partial charge on any atom is 0.0581 e. The lowest BCUT2D eigenvalue weighted by Gasteiger charge is -2.36. The summed E-state index contributed by atoms with van der Waals surface area (Å²) in [4.78, 5) is 0. The first-order chi connectivity index (χ1) is 6.72. The van der Waals surface area contributed by atoms with Gasteiger partial charge in [0.25, 0.3) is 0 Å². The molecule has 0 aromatic heterocycles. The molecule has 0 spiro atoms. The number of aliphatic hydroxyl groups excluding tert-OH is 2. The van der Waals surface area contributed by atoms with E-state index in [4.69, 9.17) is 5.11 Å². The summed E-state index contributed by atoms with van der Waals surface area (Å²) in [6, 6.07) is 0.139. The van der Waals surface area contributed by atoms with Crippen molar-refractivity contribution in [3.63, 3.8) is 0 Å². The van der Waals surface area contributed by atoms with Crippen LogP contribution in [0.1, 0.15) is 39.0 Å². The molecular formula is C11H23NO2. The first-order valence-corrected chi connectivity index (χ1v) is 5.67. The number of hydrogen-bond acceptors (Lipinski definition) is 3. The Balaban J connectivity index is 2.36. The van der Waals surface area contributed by atoms with Gasteiger partial charge < -0.3 is 15.5 Å². The fraction of sp³-hybridized carbons (Fsp3) is 1.00. The van der Waals surface area contributed by atoms with Crippen molar-refractivity contribution >= 4 is 0 Å². The second-order valence-corrected chi connectivity index (χ2v) is 4.68. The number of aliphatic hydroxyl groups is 2. The molecule has 1 saturated carbocycles.